The zero-order valence-corrected chi connectivity index (χ0v) is 13.8. The molecule has 7 nitrogen and oxygen atoms in total. The van der Waals surface area contributed by atoms with Crippen molar-refractivity contribution < 1.29 is 14.3 Å². The minimum atomic E-state index is -0.298. The Balaban J connectivity index is 1.91. The lowest BCUT2D eigenvalue weighted by Crippen LogP contribution is -2.36. The third-order valence-corrected chi connectivity index (χ3v) is 4.19. The summed E-state index contributed by atoms with van der Waals surface area (Å²) < 4.78 is 6.63. The van der Waals surface area contributed by atoms with Crippen LogP contribution in [0, 0.1) is 0 Å². The average molecular weight is 330 g/mol. The van der Waals surface area contributed by atoms with Gasteiger partial charge in [0.2, 0.25) is 5.82 Å². The molecule has 2 amide bonds. The van der Waals surface area contributed by atoms with E-state index in [-0.39, 0.29) is 17.5 Å². The van der Waals surface area contributed by atoms with Crippen molar-refractivity contribution in [3.8, 4) is 0 Å². The van der Waals surface area contributed by atoms with Crippen molar-refractivity contribution >= 4 is 17.3 Å². The van der Waals surface area contributed by atoms with Crippen LogP contribution in [-0.2, 0) is 4.74 Å². The van der Waals surface area contributed by atoms with Crippen LogP contribution in [0.1, 0.15) is 40.4 Å². The summed E-state index contributed by atoms with van der Waals surface area (Å²) in [5.74, 6) is -0.121. The molecule has 1 aliphatic rings. The third-order valence-electron chi connectivity index (χ3n) is 4.19. The fraction of sp³-hybridized carbons (Fsp3) is 0.471. The summed E-state index contributed by atoms with van der Waals surface area (Å²) >= 11 is 0. The molecular formula is C17H22N4O3. The van der Waals surface area contributed by atoms with Crippen molar-refractivity contribution in [3.63, 3.8) is 0 Å². The number of fused-ring (bicyclic) bond motifs is 1. The van der Waals surface area contributed by atoms with Gasteiger partial charge in [-0.1, -0.05) is 6.07 Å². The highest BCUT2D eigenvalue weighted by atomic mass is 16.5. The van der Waals surface area contributed by atoms with Gasteiger partial charge in [0.1, 0.15) is 0 Å². The molecule has 2 aromatic heterocycles. The van der Waals surface area contributed by atoms with Gasteiger partial charge in [-0.05, 0) is 31.4 Å². The molecule has 1 aliphatic heterocycles. The van der Waals surface area contributed by atoms with Gasteiger partial charge in [-0.25, -0.2) is 4.98 Å². The summed E-state index contributed by atoms with van der Waals surface area (Å²) in [5.41, 5.74) is 0.903. The van der Waals surface area contributed by atoms with E-state index in [0.717, 1.165) is 32.4 Å². The van der Waals surface area contributed by atoms with E-state index in [1.165, 1.54) is 0 Å². The number of hydrogen-bond acceptors (Lipinski definition) is 4. The summed E-state index contributed by atoms with van der Waals surface area (Å²) in [6, 6.07) is 5.46. The predicted molar refractivity (Wildman–Crippen MR) is 89.2 cm³/mol. The molecule has 3 heterocycles. The fourth-order valence-electron chi connectivity index (χ4n) is 2.94. The zero-order valence-electron chi connectivity index (χ0n) is 13.8. The Morgan fingerprint density at radius 3 is 2.79 bits per heavy atom. The van der Waals surface area contributed by atoms with Gasteiger partial charge in [0.15, 0.2) is 5.69 Å². The van der Waals surface area contributed by atoms with E-state index in [1.54, 1.807) is 23.8 Å². The van der Waals surface area contributed by atoms with Gasteiger partial charge in [0.25, 0.3) is 11.8 Å². The maximum Gasteiger partial charge on any atom is 0.290 e. The van der Waals surface area contributed by atoms with Crippen molar-refractivity contribution in [2.24, 2.45) is 0 Å². The molecular weight excluding hydrogens is 308 g/mol. The lowest BCUT2D eigenvalue weighted by Gasteiger charge is -2.25. The molecule has 0 atom stereocenters. The van der Waals surface area contributed by atoms with Crippen LogP contribution < -0.4 is 5.32 Å². The summed E-state index contributed by atoms with van der Waals surface area (Å²) in [5, 5.41) is 2.76. The first-order valence-electron chi connectivity index (χ1n) is 8.26. The highest BCUT2D eigenvalue weighted by Crippen LogP contribution is 2.17. The molecule has 0 saturated carbocycles. The molecule has 0 unspecified atom stereocenters. The Bertz CT molecular complexity index is 735. The molecule has 0 radical (unpaired) electrons. The van der Waals surface area contributed by atoms with Gasteiger partial charge in [-0.15, -0.1) is 0 Å². The van der Waals surface area contributed by atoms with Crippen LogP contribution in [0.3, 0.4) is 0 Å². The first kappa shape index (κ1) is 16.4. The number of carbonyl (C=O) groups excluding carboxylic acids is 2. The van der Waals surface area contributed by atoms with Gasteiger partial charge in [0.05, 0.1) is 12.1 Å². The van der Waals surface area contributed by atoms with E-state index in [0.29, 0.717) is 24.5 Å². The Kier molecular flexibility index (Phi) is 5.10. The van der Waals surface area contributed by atoms with E-state index in [2.05, 4.69) is 10.3 Å². The Labute approximate surface area is 140 Å². The normalized spacial score (nSPS) is 14.8. The van der Waals surface area contributed by atoms with Crippen molar-refractivity contribution in [2.75, 3.05) is 33.4 Å². The van der Waals surface area contributed by atoms with Crippen LogP contribution in [0.15, 0.2) is 24.4 Å². The highest BCUT2D eigenvalue weighted by molar-refractivity contribution is 6.02. The molecule has 7 heteroatoms. The number of carbonyl (C=O) groups is 2. The van der Waals surface area contributed by atoms with Crippen LogP contribution in [0.4, 0.5) is 0 Å². The maximum atomic E-state index is 12.8. The Morgan fingerprint density at radius 2 is 2.04 bits per heavy atom. The number of nitrogens with zero attached hydrogens (tertiary/aromatic N) is 3. The number of likely N-dealkylation sites (tertiary alicyclic amines) is 1. The molecule has 0 aliphatic carbocycles. The van der Waals surface area contributed by atoms with Crippen LogP contribution in [0.5, 0.6) is 0 Å². The van der Waals surface area contributed by atoms with Gasteiger partial charge >= 0.3 is 0 Å². The lowest BCUT2D eigenvalue weighted by molar-refractivity contribution is 0.0711. The second-order valence-electron chi connectivity index (χ2n) is 5.84. The largest absolute Gasteiger partial charge is 0.383 e. The number of amides is 2. The van der Waals surface area contributed by atoms with Crippen LogP contribution >= 0.6 is 0 Å². The van der Waals surface area contributed by atoms with Gasteiger partial charge < -0.3 is 15.0 Å². The first-order valence-corrected chi connectivity index (χ1v) is 8.26. The molecule has 3 rings (SSSR count). The zero-order chi connectivity index (χ0) is 16.9. The van der Waals surface area contributed by atoms with E-state index < -0.39 is 0 Å². The van der Waals surface area contributed by atoms with E-state index in [9.17, 15) is 9.59 Å². The third kappa shape index (κ3) is 3.26. The number of ether oxygens (including phenoxy) is 1. The molecule has 1 N–H and O–H groups in total. The van der Waals surface area contributed by atoms with Crippen molar-refractivity contribution in [3.05, 3.63) is 35.9 Å². The van der Waals surface area contributed by atoms with Crippen molar-refractivity contribution in [2.45, 2.75) is 19.3 Å². The number of piperidine rings is 1. The van der Waals surface area contributed by atoms with Gasteiger partial charge in [-0.2, -0.15) is 0 Å². The monoisotopic (exact) mass is 330 g/mol. The lowest BCUT2D eigenvalue weighted by atomic mass is 10.1. The second-order valence-corrected chi connectivity index (χ2v) is 5.84. The molecule has 0 spiro atoms. The number of nitrogens with one attached hydrogen (secondary N) is 1. The van der Waals surface area contributed by atoms with Gasteiger partial charge in [-0.3, -0.25) is 14.0 Å². The number of pyridine rings is 1. The van der Waals surface area contributed by atoms with Crippen molar-refractivity contribution in [1.29, 1.82) is 0 Å². The number of aromatic nitrogens is 2. The maximum absolute atomic E-state index is 12.8. The fourth-order valence-corrected chi connectivity index (χ4v) is 2.94. The Morgan fingerprint density at radius 1 is 1.25 bits per heavy atom. The second kappa shape index (κ2) is 7.44. The molecule has 0 aromatic carbocycles. The molecule has 24 heavy (non-hydrogen) atoms. The molecule has 128 valence electrons. The van der Waals surface area contributed by atoms with E-state index >= 15 is 0 Å². The average Bonchev–Trinajstić information content (AvgIpc) is 3.02. The Hall–Kier alpha value is -2.41. The minimum absolute atomic E-state index is 0.119. The topological polar surface area (TPSA) is 75.9 Å². The first-order chi connectivity index (χ1) is 11.7. The summed E-state index contributed by atoms with van der Waals surface area (Å²) in [6.07, 6.45) is 4.95. The van der Waals surface area contributed by atoms with E-state index in [1.807, 2.05) is 17.0 Å². The summed E-state index contributed by atoms with van der Waals surface area (Å²) in [7, 11) is 1.58. The number of imidazole rings is 1. The smallest absolute Gasteiger partial charge is 0.290 e. The molecule has 1 fully saturated rings. The van der Waals surface area contributed by atoms with Crippen LogP contribution in [0.2, 0.25) is 0 Å². The standard InChI is InChI=1S/C17H22N4O3/c1-24-12-8-18-16(22)14-13-7-3-6-11-21(13)15(19-14)17(23)20-9-4-2-5-10-20/h3,6-7,11H,2,4-5,8-10,12H2,1H3,(H,18,22). The van der Waals surface area contributed by atoms with Crippen LogP contribution in [0.25, 0.3) is 5.52 Å². The number of methoxy groups -OCH3 is 1. The van der Waals surface area contributed by atoms with Crippen molar-refractivity contribution in [1.82, 2.24) is 19.6 Å². The summed E-state index contributed by atoms with van der Waals surface area (Å²) in [4.78, 5) is 31.4. The molecule has 2 aromatic rings. The predicted octanol–water partition coefficient (Wildman–Crippen LogP) is 1.34. The quantitative estimate of drug-likeness (QED) is 0.840. The highest BCUT2D eigenvalue weighted by Gasteiger charge is 2.25. The van der Waals surface area contributed by atoms with Gasteiger partial charge in [0, 0.05) is 32.9 Å². The minimum Gasteiger partial charge on any atom is -0.383 e. The SMILES string of the molecule is COCCNC(=O)c1nc(C(=O)N2CCCCC2)n2ccccc12. The number of hydrogen-bond donors (Lipinski definition) is 1. The molecule has 0 bridgehead atoms. The summed E-state index contributed by atoms with van der Waals surface area (Å²) in [6.45, 7) is 2.32. The molecule has 1 saturated heterocycles. The number of rotatable bonds is 5. The van der Waals surface area contributed by atoms with E-state index in [4.69, 9.17) is 4.74 Å². The van der Waals surface area contributed by atoms with Crippen LogP contribution in [-0.4, -0.2) is 59.4 Å².